The molecular weight excluding hydrogens is 365 g/mol. The Hall–Kier alpha value is -3.35. The zero-order valence-electron chi connectivity index (χ0n) is 15.3. The highest BCUT2D eigenvalue weighted by Gasteiger charge is 2.17. The number of amides is 1. The zero-order chi connectivity index (χ0) is 19.9. The summed E-state index contributed by atoms with van der Waals surface area (Å²) in [6.45, 7) is 2.63. The third-order valence-electron chi connectivity index (χ3n) is 3.96. The second kappa shape index (κ2) is 9.03. The predicted octanol–water partition coefficient (Wildman–Crippen LogP) is 3.57. The average molecular weight is 385 g/mol. The number of nitrogens with one attached hydrogen (secondary N) is 1. The largest absolute Gasteiger partial charge is 0.490 e. The highest BCUT2D eigenvalue weighted by molar-refractivity contribution is 5.96. The van der Waals surface area contributed by atoms with E-state index in [-0.39, 0.29) is 0 Å². The summed E-state index contributed by atoms with van der Waals surface area (Å²) >= 11 is 0. The molecule has 7 heteroatoms. The number of benzene rings is 2. The Balaban J connectivity index is 1.54. The van der Waals surface area contributed by atoms with Crippen molar-refractivity contribution in [2.75, 3.05) is 18.5 Å². The van der Waals surface area contributed by atoms with Gasteiger partial charge in [0.1, 0.15) is 5.82 Å². The lowest BCUT2D eigenvalue weighted by Gasteiger charge is -2.12. The van der Waals surface area contributed by atoms with Crippen molar-refractivity contribution < 1.29 is 28.2 Å². The molecule has 0 bridgehead atoms. The highest BCUT2D eigenvalue weighted by Crippen LogP contribution is 2.30. The van der Waals surface area contributed by atoms with Crippen molar-refractivity contribution in [1.29, 1.82) is 0 Å². The van der Waals surface area contributed by atoms with Crippen molar-refractivity contribution in [3.8, 4) is 11.5 Å². The molecule has 0 unspecified atom stereocenters. The van der Waals surface area contributed by atoms with Gasteiger partial charge in [0.2, 0.25) is 0 Å². The van der Waals surface area contributed by atoms with Crippen LogP contribution in [0.5, 0.6) is 11.5 Å². The summed E-state index contributed by atoms with van der Waals surface area (Å²) in [6.07, 6.45) is 2.61. The van der Waals surface area contributed by atoms with E-state index in [0.29, 0.717) is 30.4 Å². The predicted molar refractivity (Wildman–Crippen MR) is 102 cm³/mol. The molecule has 0 spiro atoms. The van der Waals surface area contributed by atoms with Gasteiger partial charge in [0.05, 0.1) is 13.2 Å². The number of hydrogen-bond donors (Lipinski definition) is 1. The number of rotatable bonds is 5. The Morgan fingerprint density at radius 3 is 2.57 bits per heavy atom. The molecule has 1 heterocycles. The van der Waals surface area contributed by atoms with Gasteiger partial charge < -0.3 is 19.5 Å². The van der Waals surface area contributed by atoms with Gasteiger partial charge in [0.15, 0.2) is 17.6 Å². The molecule has 1 amide bonds. The van der Waals surface area contributed by atoms with Gasteiger partial charge in [-0.2, -0.15) is 0 Å². The van der Waals surface area contributed by atoms with Crippen LogP contribution in [0, 0.1) is 5.82 Å². The first-order chi connectivity index (χ1) is 13.5. The van der Waals surface area contributed by atoms with Crippen LogP contribution in [0.15, 0.2) is 48.5 Å². The molecule has 3 rings (SSSR count). The monoisotopic (exact) mass is 385 g/mol. The molecule has 6 nitrogen and oxygen atoms in total. The van der Waals surface area contributed by atoms with Gasteiger partial charge in [0.25, 0.3) is 5.91 Å². The summed E-state index contributed by atoms with van der Waals surface area (Å²) in [5.41, 5.74) is 1.15. The lowest BCUT2D eigenvalue weighted by atomic mass is 10.2. The number of carbonyl (C=O) groups is 2. The SMILES string of the molecule is C[C@H](OC(=O)/C=C/c1ccc2c(c1)OCCCO2)C(=O)Nc1ccc(F)cc1. The molecule has 0 fully saturated rings. The highest BCUT2D eigenvalue weighted by atomic mass is 19.1. The summed E-state index contributed by atoms with van der Waals surface area (Å²) < 4.78 is 29.1. The van der Waals surface area contributed by atoms with E-state index in [0.717, 1.165) is 12.0 Å². The van der Waals surface area contributed by atoms with Gasteiger partial charge in [0, 0.05) is 18.2 Å². The average Bonchev–Trinajstić information content (AvgIpc) is 2.93. The zero-order valence-corrected chi connectivity index (χ0v) is 15.3. The van der Waals surface area contributed by atoms with E-state index < -0.39 is 23.8 Å². The molecule has 2 aromatic carbocycles. The van der Waals surface area contributed by atoms with Crippen LogP contribution in [-0.4, -0.2) is 31.2 Å². The van der Waals surface area contributed by atoms with Crippen LogP contribution >= 0.6 is 0 Å². The molecule has 0 aliphatic carbocycles. The summed E-state index contributed by atoms with van der Waals surface area (Å²) in [6, 6.07) is 10.6. The van der Waals surface area contributed by atoms with Crippen LogP contribution in [0.25, 0.3) is 6.08 Å². The fraction of sp³-hybridized carbons (Fsp3) is 0.238. The number of esters is 1. The van der Waals surface area contributed by atoms with Crippen molar-refractivity contribution in [3.05, 3.63) is 59.9 Å². The Labute approximate surface area is 161 Å². The molecule has 1 aliphatic rings. The number of ether oxygens (including phenoxy) is 3. The van der Waals surface area contributed by atoms with Gasteiger partial charge in [-0.05, 0) is 55.0 Å². The smallest absolute Gasteiger partial charge is 0.331 e. The van der Waals surface area contributed by atoms with Crippen molar-refractivity contribution in [3.63, 3.8) is 0 Å². The maximum atomic E-state index is 12.9. The molecule has 0 aromatic heterocycles. The molecule has 0 radical (unpaired) electrons. The fourth-order valence-corrected chi connectivity index (χ4v) is 2.49. The van der Waals surface area contributed by atoms with E-state index in [1.54, 1.807) is 24.3 Å². The third-order valence-corrected chi connectivity index (χ3v) is 3.96. The van der Waals surface area contributed by atoms with E-state index >= 15 is 0 Å². The Morgan fingerprint density at radius 2 is 1.82 bits per heavy atom. The molecular formula is C21H20FNO5. The Morgan fingerprint density at radius 1 is 1.11 bits per heavy atom. The summed E-state index contributed by atoms with van der Waals surface area (Å²) in [5.74, 6) is -0.279. The third kappa shape index (κ3) is 5.33. The molecule has 0 saturated carbocycles. The van der Waals surface area contributed by atoms with Gasteiger partial charge >= 0.3 is 5.97 Å². The van der Waals surface area contributed by atoms with Crippen LogP contribution in [-0.2, 0) is 14.3 Å². The maximum Gasteiger partial charge on any atom is 0.331 e. The number of halogens is 1. The molecule has 1 N–H and O–H groups in total. The lowest BCUT2D eigenvalue weighted by molar-refractivity contribution is -0.148. The van der Waals surface area contributed by atoms with Gasteiger partial charge in [-0.15, -0.1) is 0 Å². The first kappa shape index (κ1) is 19.4. The van der Waals surface area contributed by atoms with Crippen LogP contribution in [0.3, 0.4) is 0 Å². The number of hydrogen-bond acceptors (Lipinski definition) is 5. The second-order valence-electron chi connectivity index (χ2n) is 6.17. The van der Waals surface area contributed by atoms with E-state index in [1.165, 1.54) is 37.3 Å². The second-order valence-corrected chi connectivity index (χ2v) is 6.17. The summed E-state index contributed by atoms with van der Waals surface area (Å²) in [5, 5.41) is 2.55. The van der Waals surface area contributed by atoms with Crippen molar-refractivity contribution in [1.82, 2.24) is 0 Å². The molecule has 146 valence electrons. The van der Waals surface area contributed by atoms with Gasteiger partial charge in [-0.3, -0.25) is 4.79 Å². The Kier molecular flexibility index (Phi) is 6.26. The normalized spacial score (nSPS) is 14.2. The fourth-order valence-electron chi connectivity index (χ4n) is 2.49. The summed E-state index contributed by atoms with van der Waals surface area (Å²) in [7, 11) is 0. The first-order valence-corrected chi connectivity index (χ1v) is 8.86. The number of carbonyl (C=O) groups excluding carboxylic acids is 2. The number of anilines is 1. The molecule has 2 aromatic rings. The van der Waals surface area contributed by atoms with Crippen LogP contribution in [0.1, 0.15) is 18.9 Å². The standard InChI is InChI=1S/C21H20FNO5/c1-14(21(25)23-17-7-5-16(22)6-8-17)28-20(24)10-4-15-3-9-18-19(13-15)27-12-2-11-26-18/h3-10,13-14H,2,11-12H2,1H3,(H,23,25)/b10-4+/t14-/m0/s1. The topological polar surface area (TPSA) is 73.9 Å². The minimum Gasteiger partial charge on any atom is -0.490 e. The number of fused-ring (bicyclic) bond motifs is 1. The Bertz CT molecular complexity index is 879. The molecule has 28 heavy (non-hydrogen) atoms. The van der Waals surface area contributed by atoms with Crippen LogP contribution in [0.2, 0.25) is 0 Å². The van der Waals surface area contributed by atoms with E-state index in [1.807, 2.05) is 0 Å². The molecule has 0 saturated heterocycles. The summed E-state index contributed by atoms with van der Waals surface area (Å²) in [4.78, 5) is 24.0. The quantitative estimate of drug-likeness (QED) is 0.629. The maximum absolute atomic E-state index is 12.9. The molecule has 1 aliphatic heterocycles. The van der Waals surface area contributed by atoms with E-state index in [2.05, 4.69) is 5.32 Å². The van der Waals surface area contributed by atoms with Crippen molar-refractivity contribution >= 4 is 23.6 Å². The minimum atomic E-state index is -1.01. The molecule has 1 atom stereocenters. The van der Waals surface area contributed by atoms with Gasteiger partial charge in [-0.1, -0.05) is 6.07 Å². The van der Waals surface area contributed by atoms with Crippen molar-refractivity contribution in [2.24, 2.45) is 0 Å². The van der Waals surface area contributed by atoms with Crippen LogP contribution < -0.4 is 14.8 Å². The minimum absolute atomic E-state index is 0.405. The van der Waals surface area contributed by atoms with Crippen LogP contribution in [0.4, 0.5) is 10.1 Å². The van der Waals surface area contributed by atoms with Gasteiger partial charge in [-0.25, -0.2) is 9.18 Å². The van der Waals surface area contributed by atoms with Crippen molar-refractivity contribution in [2.45, 2.75) is 19.4 Å². The van der Waals surface area contributed by atoms with E-state index in [9.17, 15) is 14.0 Å². The lowest BCUT2D eigenvalue weighted by Crippen LogP contribution is -2.29. The van der Waals surface area contributed by atoms with E-state index in [4.69, 9.17) is 14.2 Å². The first-order valence-electron chi connectivity index (χ1n) is 8.86.